The van der Waals surface area contributed by atoms with Crippen molar-refractivity contribution in [3.8, 4) is 0 Å². The number of nitrogens with one attached hydrogen (secondary N) is 1. The molecule has 1 fully saturated rings. The number of rotatable bonds is 3. The van der Waals surface area contributed by atoms with Crippen LogP contribution in [-0.2, 0) is 4.74 Å². The molecule has 2 aliphatic heterocycles. The Bertz CT molecular complexity index is 759. The fraction of sp³-hybridized carbons (Fsp3) is 0.316. The fourth-order valence-corrected chi connectivity index (χ4v) is 3.67. The van der Waals surface area contributed by atoms with E-state index in [-0.39, 0.29) is 18.2 Å². The first-order valence-corrected chi connectivity index (χ1v) is 8.64. The molecule has 0 aliphatic carbocycles. The number of carbonyl (C=O) groups excluding carboxylic acids is 1. The highest BCUT2D eigenvalue weighted by atomic mass is 35.5. The highest BCUT2D eigenvalue weighted by molar-refractivity contribution is 6.31. The number of anilines is 1. The summed E-state index contributed by atoms with van der Waals surface area (Å²) in [6, 6.07) is 15.3. The number of para-hydroxylation sites is 1. The number of benzene rings is 2. The van der Waals surface area contributed by atoms with Crippen LogP contribution in [0.2, 0.25) is 5.02 Å². The van der Waals surface area contributed by atoms with Crippen molar-refractivity contribution >= 4 is 23.2 Å². The number of nitrogens with zero attached hydrogens (tertiary/aromatic N) is 1. The summed E-state index contributed by atoms with van der Waals surface area (Å²) in [7, 11) is 0. The van der Waals surface area contributed by atoms with Crippen molar-refractivity contribution in [1.82, 2.24) is 4.90 Å². The van der Waals surface area contributed by atoms with Crippen LogP contribution in [0.3, 0.4) is 0 Å². The lowest BCUT2D eigenvalue weighted by molar-refractivity contribution is 0.0427. The molecule has 0 radical (unpaired) electrons. The zero-order valence-electron chi connectivity index (χ0n) is 13.2. The molecule has 1 N–H and O–H groups in total. The van der Waals surface area contributed by atoms with E-state index >= 15 is 0 Å². The Morgan fingerprint density at radius 3 is 2.75 bits per heavy atom. The van der Waals surface area contributed by atoms with Gasteiger partial charge in [0.15, 0.2) is 0 Å². The molecule has 1 amide bonds. The van der Waals surface area contributed by atoms with E-state index in [1.165, 1.54) is 0 Å². The van der Waals surface area contributed by atoms with Crippen LogP contribution in [0.4, 0.5) is 5.69 Å². The maximum absolute atomic E-state index is 13.1. The van der Waals surface area contributed by atoms with Crippen molar-refractivity contribution in [3.05, 3.63) is 64.7 Å². The quantitative estimate of drug-likeness (QED) is 0.913. The molecule has 2 aromatic rings. The predicted octanol–water partition coefficient (Wildman–Crippen LogP) is 4.09. The van der Waals surface area contributed by atoms with Gasteiger partial charge in [-0.05, 0) is 31.0 Å². The molecule has 2 aromatic carbocycles. The van der Waals surface area contributed by atoms with Gasteiger partial charge in [0, 0.05) is 29.4 Å². The minimum absolute atomic E-state index is 0.0183. The van der Waals surface area contributed by atoms with Gasteiger partial charge in [0.2, 0.25) is 0 Å². The largest absolute Gasteiger partial charge is 0.376 e. The van der Waals surface area contributed by atoms with Gasteiger partial charge in [0.1, 0.15) is 6.17 Å². The Labute approximate surface area is 146 Å². The van der Waals surface area contributed by atoms with Gasteiger partial charge in [0.25, 0.3) is 5.91 Å². The number of amides is 1. The summed E-state index contributed by atoms with van der Waals surface area (Å²) in [6.07, 6.45) is 1.84. The summed E-state index contributed by atoms with van der Waals surface area (Å²) < 4.78 is 5.75. The molecule has 0 spiro atoms. The lowest BCUT2D eigenvalue weighted by Crippen LogP contribution is -2.46. The van der Waals surface area contributed by atoms with Gasteiger partial charge in [-0.2, -0.15) is 0 Å². The van der Waals surface area contributed by atoms with Crippen molar-refractivity contribution in [2.24, 2.45) is 0 Å². The molecule has 2 atom stereocenters. The first-order chi connectivity index (χ1) is 11.7. The van der Waals surface area contributed by atoms with Crippen molar-refractivity contribution in [1.29, 1.82) is 0 Å². The third kappa shape index (κ3) is 2.76. The number of halogens is 1. The summed E-state index contributed by atoms with van der Waals surface area (Å²) in [4.78, 5) is 14.9. The van der Waals surface area contributed by atoms with Crippen LogP contribution < -0.4 is 5.32 Å². The van der Waals surface area contributed by atoms with Crippen LogP contribution in [0.25, 0.3) is 0 Å². The topological polar surface area (TPSA) is 41.6 Å². The molecular formula is C19H19ClN2O2. The molecule has 4 nitrogen and oxygen atoms in total. The van der Waals surface area contributed by atoms with Crippen LogP contribution in [0, 0.1) is 0 Å². The van der Waals surface area contributed by atoms with Crippen molar-refractivity contribution in [3.63, 3.8) is 0 Å². The molecule has 2 heterocycles. The Morgan fingerprint density at radius 2 is 1.96 bits per heavy atom. The number of fused-ring (bicyclic) bond motifs is 1. The van der Waals surface area contributed by atoms with E-state index in [2.05, 4.69) is 5.32 Å². The van der Waals surface area contributed by atoms with E-state index in [1.807, 2.05) is 53.4 Å². The lowest BCUT2D eigenvalue weighted by Gasteiger charge is -2.39. The van der Waals surface area contributed by atoms with Crippen molar-refractivity contribution < 1.29 is 9.53 Å². The summed E-state index contributed by atoms with van der Waals surface area (Å²) in [5.74, 6) is 0.0183. The predicted molar refractivity (Wildman–Crippen MR) is 94.3 cm³/mol. The zero-order chi connectivity index (χ0) is 16.5. The second-order valence-corrected chi connectivity index (χ2v) is 6.61. The molecule has 0 unspecified atom stereocenters. The van der Waals surface area contributed by atoms with Crippen LogP contribution in [0.1, 0.15) is 34.9 Å². The third-order valence-corrected chi connectivity index (χ3v) is 4.99. The number of hydrogen-bond donors (Lipinski definition) is 1. The lowest BCUT2D eigenvalue weighted by atomic mass is 10.0. The number of hydrogen-bond acceptors (Lipinski definition) is 3. The second kappa shape index (κ2) is 6.46. The minimum atomic E-state index is -0.287. The number of ether oxygens (including phenoxy) is 1. The maximum atomic E-state index is 13.1. The zero-order valence-corrected chi connectivity index (χ0v) is 14.0. The van der Waals surface area contributed by atoms with E-state index in [1.54, 1.807) is 0 Å². The van der Waals surface area contributed by atoms with E-state index in [0.717, 1.165) is 30.7 Å². The summed E-state index contributed by atoms with van der Waals surface area (Å²) in [6.45, 7) is 1.34. The summed E-state index contributed by atoms with van der Waals surface area (Å²) in [5.41, 5.74) is 2.44. The van der Waals surface area contributed by atoms with Crippen LogP contribution in [0.15, 0.2) is 48.5 Å². The van der Waals surface area contributed by atoms with Crippen LogP contribution >= 0.6 is 11.6 Å². The van der Waals surface area contributed by atoms with Gasteiger partial charge < -0.3 is 15.0 Å². The first-order valence-electron chi connectivity index (χ1n) is 8.26. The summed E-state index contributed by atoms with van der Waals surface area (Å²) in [5, 5.41) is 4.13. The second-order valence-electron chi connectivity index (χ2n) is 6.21. The molecule has 0 aromatic heterocycles. The molecule has 4 rings (SSSR count). The van der Waals surface area contributed by atoms with Crippen molar-refractivity contribution in [2.45, 2.75) is 25.1 Å². The van der Waals surface area contributed by atoms with Crippen molar-refractivity contribution in [2.75, 3.05) is 18.5 Å². The third-order valence-electron chi connectivity index (χ3n) is 4.65. The molecule has 0 bridgehead atoms. The van der Waals surface area contributed by atoms with Gasteiger partial charge in [0.05, 0.1) is 11.7 Å². The van der Waals surface area contributed by atoms with E-state index in [4.69, 9.17) is 16.3 Å². The molecule has 5 heteroatoms. The Morgan fingerprint density at radius 1 is 1.17 bits per heavy atom. The van der Waals surface area contributed by atoms with E-state index < -0.39 is 0 Å². The highest BCUT2D eigenvalue weighted by Gasteiger charge is 2.35. The van der Waals surface area contributed by atoms with Gasteiger partial charge in [-0.1, -0.05) is 41.9 Å². The van der Waals surface area contributed by atoms with Gasteiger partial charge >= 0.3 is 0 Å². The number of carbonyl (C=O) groups is 1. The molecule has 124 valence electrons. The van der Waals surface area contributed by atoms with Gasteiger partial charge in [-0.25, -0.2) is 0 Å². The molecular weight excluding hydrogens is 324 g/mol. The Kier molecular flexibility index (Phi) is 4.17. The first kappa shape index (κ1) is 15.5. The smallest absolute Gasteiger partial charge is 0.257 e. The molecule has 1 saturated heterocycles. The minimum Gasteiger partial charge on any atom is -0.376 e. The van der Waals surface area contributed by atoms with Crippen LogP contribution in [-0.4, -0.2) is 30.1 Å². The average Bonchev–Trinajstić information content (AvgIpc) is 3.11. The molecule has 0 saturated carbocycles. The molecule has 2 aliphatic rings. The maximum Gasteiger partial charge on any atom is 0.257 e. The normalized spacial score (nSPS) is 23.0. The van der Waals surface area contributed by atoms with E-state index in [0.29, 0.717) is 17.1 Å². The average molecular weight is 343 g/mol. The SMILES string of the molecule is O=C1c2ccccc2N[C@@H](c2ccccc2Cl)N1C[C@@H]1CCCO1. The Hall–Kier alpha value is -2.04. The van der Waals surface area contributed by atoms with Gasteiger partial charge in [-0.3, -0.25) is 4.79 Å². The standard InChI is InChI=1S/C19H19ClN2O2/c20-16-9-3-1-7-14(16)18-21-17-10-4-2-8-15(17)19(23)22(18)12-13-6-5-11-24-13/h1-4,7-10,13,18,21H,5-6,11-12H2/t13-,18+/m0/s1. The Balaban J connectivity index is 1.73. The fourth-order valence-electron chi connectivity index (χ4n) is 3.43. The monoisotopic (exact) mass is 342 g/mol. The van der Waals surface area contributed by atoms with Crippen LogP contribution in [0.5, 0.6) is 0 Å². The summed E-state index contributed by atoms with van der Waals surface area (Å²) >= 11 is 6.41. The van der Waals surface area contributed by atoms with E-state index in [9.17, 15) is 4.79 Å². The molecule has 24 heavy (non-hydrogen) atoms. The van der Waals surface area contributed by atoms with Gasteiger partial charge in [-0.15, -0.1) is 0 Å². The highest BCUT2D eigenvalue weighted by Crippen LogP contribution is 2.36.